The van der Waals surface area contributed by atoms with Gasteiger partial charge in [-0.25, -0.2) is 0 Å². The normalized spacial score (nSPS) is 11.7. The Kier molecular flexibility index (Phi) is 7.75. The van der Waals surface area contributed by atoms with Crippen LogP contribution in [0.3, 0.4) is 0 Å². The summed E-state index contributed by atoms with van der Waals surface area (Å²) in [7, 11) is 2.16. The first-order chi connectivity index (χ1) is 9.21. The fourth-order valence-electron chi connectivity index (χ4n) is 2.26. The number of nitrogens with one attached hydrogen (secondary N) is 1. The van der Waals surface area contributed by atoms with Crippen LogP contribution in [0.5, 0.6) is 0 Å². The van der Waals surface area contributed by atoms with E-state index in [0.29, 0.717) is 6.04 Å². The predicted octanol–water partition coefficient (Wildman–Crippen LogP) is 2.68. The largest absolute Gasteiger partial charge is 0.315 e. The number of nitrogens with zero attached hydrogens (tertiary/aromatic N) is 3. The first-order valence-electron chi connectivity index (χ1n) is 7.64. The van der Waals surface area contributed by atoms with Gasteiger partial charge in [0.2, 0.25) is 0 Å². The van der Waals surface area contributed by atoms with Gasteiger partial charge in [-0.2, -0.15) is 5.10 Å². The average molecular weight is 266 g/mol. The molecule has 0 bridgehead atoms. The minimum atomic E-state index is 0.547. The Hall–Kier alpha value is -0.870. The third-order valence-corrected chi connectivity index (χ3v) is 3.51. The summed E-state index contributed by atoms with van der Waals surface area (Å²) in [5.74, 6) is 0. The van der Waals surface area contributed by atoms with Crippen molar-refractivity contribution in [3.8, 4) is 0 Å². The second-order valence-electron chi connectivity index (χ2n) is 5.25. The van der Waals surface area contributed by atoms with Gasteiger partial charge in [0.05, 0.1) is 11.7 Å². The highest BCUT2D eigenvalue weighted by Gasteiger charge is 2.09. The highest BCUT2D eigenvalue weighted by molar-refractivity contribution is 4.99. The molecule has 0 aliphatic carbocycles. The SMILES string of the molecule is CCCNCCN(C)Cc1ccn(C(CC)CC)n1. The highest BCUT2D eigenvalue weighted by atomic mass is 15.3. The van der Waals surface area contributed by atoms with Crippen LogP contribution >= 0.6 is 0 Å². The molecule has 4 heteroatoms. The molecule has 0 aliphatic rings. The van der Waals surface area contributed by atoms with Crippen LogP contribution in [0.2, 0.25) is 0 Å². The second-order valence-corrected chi connectivity index (χ2v) is 5.25. The lowest BCUT2D eigenvalue weighted by atomic mass is 10.2. The van der Waals surface area contributed by atoms with E-state index in [1.165, 1.54) is 12.1 Å². The molecular weight excluding hydrogens is 236 g/mol. The number of hydrogen-bond acceptors (Lipinski definition) is 3. The summed E-state index contributed by atoms with van der Waals surface area (Å²) in [4.78, 5) is 2.32. The molecule has 0 aromatic carbocycles. The minimum Gasteiger partial charge on any atom is -0.315 e. The minimum absolute atomic E-state index is 0.547. The summed E-state index contributed by atoms with van der Waals surface area (Å²) in [6, 6.07) is 2.69. The molecule has 0 amide bonds. The van der Waals surface area contributed by atoms with E-state index in [9.17, 15) is 0 Å². The van der Waals surface area contributed by atoms with Gasteiger partial charge in [-0.1, -0.05) is 20.8 Å². The molecule has 0 aliphatic heterocycles. The Balaban J connectivity index is 2.36. The van der Waals surface area contributed by atoms with Crippen LogP contribution in [0.25, 0.3) is 0 Å². The van der Waals surface area contributed by atoms with Gasteiger partial charge in [0.1, 0.15) is 0 Å². The molecule has 19 heavy (non-hydrogen) atoms. The lowest BCUT2D eigenvalue weighted by Gasteiger charge is -2.16. The van der Waals surface area contributed by atoms with E-state index in [4.69, 9.17) is 5.10 Å². The first-order valence-corrected chi connectivity index (χ1v) is 7.64. The van der Waals surface area contributed by atoms with Gasteiger partial charge in [0, 0.05) is 25.8 Å². The maximum atomic E-state index is 4.69. The van der Waals surface area contributed by atoms with Gasteiger partial charge < -0.3 is 5.32 Å². The third-order valence-electron chi connectivity index (χ3n) is 3.51. The molecule has 0 radical (unpaired) electrons. The van der Waals surface area contributed by atoms with Crippen molar-refractivity contribution in [1.82, 2.24) is 20.0 Å². The van der Waals surface area contributed by atoms with Crippen molar-refractivity contribution >= 4 is 0 Å². The molecule has 1 rings (SSSR count). The third kappa shape index (κ3) is 5.74. The molecule has 4 nitrogen and oxygen atoms in total. The van der Waals surface area contributed by atoms with Crippen LogP contribution in [-0.2, 0) is 6.54 Å². The summed E-state index contributed by atoms with van der Waals surface area (Å²) in [6.45, 7) is 10.8. The zero-order valence-electron chi connectivity index (χ0n) is 13.0. The molecule has 0 spiro atoms. The standard InChI is InChI=1S/C15H30N4/c1-5-9-16-10-12-18(4)13-14-8-11-19(17-14)15(6-2)7-3/h8,11,15-16H,5-7,9-10,12-13H2,1-4H3. The van der Waals surface area contributed by atoms with Crippen LogP contribution in [0.1, 0.15) is 51.8 Å². The molecule has 0 unspecified atom stereocenters. The average Bonchev–Trinajstić information content (AvgIpc) is 2.84. The van der Waals surface area contributed by atoms with Crippen LogP contribution in [0.4, 0.5) is 0 Å². The fraction of sp³-hybridized carbons (Fsp3) is 0.800. The zero-order valence-corrected chi connectivity index (χ0v) is 13.0. The van der Waals surface area contributed by atoms with Gasteiger partial charge in [0.15, 0.2) is 0 Å². The van der Waals surface area contributed by atoms with Gasteiger partial charge in [-0.3, -0.25) is 9.58 Å². The summed E-state index contributed by atoms with van der Waals surface area (Å²) in [5.41, 5.74) is 1.17. The van der Waals surface area contributed by atoms with E-state index >= 15 is 0 Å². The van der Waals surface area contributed by atoms with Crippen molar-refractivity contribution in [2.75, 3.05) is 26.7 Å². The quantitative estimate of drug-likeness (QED) is 0.661. The van der Waals surface area contributed by atoms with Crippen LogP contribution in [0, 0.1) is 0 Å². The first kappa shape index (κ1) is 16.2. The molecule has 0 saturated carbocycles. The fourth-order valence-corrected chi connectivity index (χ4v) is 2.26. The van der Waals surface area contributed by atoms with Gasteiger partial charge in [-0.05, 0) is 38.9 Å². The van der Waals surface area contributed by atoms with Crippen molar-refractivity contribution in [1.29, 1.82) is 0 Å². The molecule has 0 saturated heterocycles. The van der Waals surface area contributed by atoms with Crippen LogP contribution < -0.4 is 5.32 Å². The second kappa shape index (κ2) is 9.10. The topological polar surface area (TPSA) is 33.1 Å². The Labute approximate surface area is 118 Å². The maximum absolute atomic E-state index is 4.69. The van der Waals surface area contributed by atoms with Crippen molar-refractivity contribution in [3.05, 3.63) is 18.0 Å². The van der Waals surface area contributed by atoms with E-state index in [2.05, 4.69) is 55.0 Å². The Morgan fingerprint density at radius 3 is 2.63 bits per heavy atom. The van der Waals surface area contributed by atoms with E-state index in [1.807, 2.05) is 0 Å². The number of rotatable bonds is 10. The summed E-state index contributed by atoms with van der Waals surface area (Å²) < 4.78 is 2.12. The molecule has 1 heterocycles. The molecule has 1 aromatic heterocycles. The van der Waals surface area contributed by atoms with E-state index < -0.39 is 0 Å². The smallest absolute Gasteiger partial charge is 0.0764 e. The van der Waals surface area contributed by atoms with E-state index in [1.54, 1.807) is 0 Å². The molecule has 110 valence electrons. The number of likely N-dealkylation sites (N-methyl/N-ethyl adjacent to an activating group) is 1. The van der Waals surface area contributed by atoms with Gasteiger partial charge in [-0.15, -0.1) is 0 Å². The van der Waals surface area contributed by atoms with Crippen molar-refractivity contribution in [3.63, 3.8) is 0 Å². The van der Waals surface area contributed by atoms with Crippen molar-refractivity contribution in [2.24, 2.45) is 0 Å². The van der Waals surface area contributed by atoms with Gasteiger partial charge in [0.25, 0.3) is 0 Å². The lowest BCUT2D eigenvalue weighted by molar-refractivity contribution is 0.317. The molecule has 1 aromatic rings. The summed E-state index contributed by atoms with van der Waals surface area (Å²) in [6.07, 6.45) is 5.61. The number of hydrogen-bond donors (Lipinski definition) is 1. The van der Waals surface area contributed by atoms with Gasteiger partial charge >= 0.3 is 0 Å². The lowest BCUT2D eigenvalue weighted by Crippen LogP contribution is -2.29. The summed E-state index contributed by atoms with van der Waals surface area (Å²) in [5, 5.41) is 8.12. The number of aromatic nitrogens is 2. The monoisotopic (exact) mass is 266 g/mol. The maximum Gasteiger partial charge on any atom is 0.0764 e. The molecular formula is C15H30N4. The van der Waals surface area contributed by atoms with Crippen molar-refractivity contribution < 1.29 is 0 Å². The highest BCUT2D eigenvalue weighted by Crippen LogP contribution is 2.14. The Morgan fingerprint density at radius 1 is 1.26 bits per heavy atom. The van der Waals surface area contributed by atoms with E-state index in [0.717, 1.165) is 39.0 Å². The molecule has 1 N–H and O–H groups in total. The zero-order chi connectivity index (χ0) is 14.1. The Bertz CT molecular complexity index is 331. The molecule has 0 fully saturated rings. The van der Waals surface area contributed by atoms with Crippen LogP contribution in [0.15, 0.2) is 12.3 Å². The predicted molar refractivity (Wildman–Crippen MR) is 81.3 cm³/mol. The van der Waals surface area contributed by atoms with E-state index in [-0.39, 0.29) is 0 Å². The van der Waals surface area contributed by atoms with Crippen molar-refractivity contribution in [2.45, 2.75) is 52.6 Å². The summed E-state index contributed by atoms with van der Waals surface area (Å²) >= 11 is 0. The Morgan fingerprint density at radius 2 is 2.00 bits per heavy atom. The van der Waals surface area contributed by atoms with Crippen LogP contribution in [-0.4, -0.2) is 41.4 Å². The molecule has 0 atom stereocenters.